The molecule has 4 fully saturated rings. The van der Waals surface area contributed by atoms with Gasteiger partial charge >= 0.3 is 0 Å². The molecule has 5 rings (SSSR count). The second-order valence-corrected chi connectivity index (χ2v) is 7.23. The van der Waals surface area contributed by atoms with Crippen LogP contribution in [0.25, 0.3) is 0 Å². The summed E-state index contributed by atoms with van der Waals surface area (Å²) in [6, 6.07) is 5.89. The van der Waals surface area contributed by atoms with Crippen LogP contribution in [0.3, 0.4) is 0 Å². The van der Waals surface area contributed by atoms with Crippen LogP contribution in [0.15, 0.2) is 18.2 Å². The van der Waals surface area contributed by atoms with Gasteiger partial charge in [0.1, 0.15) is 11.5 Å². The van der Waals surface area contributed by atoms with Gasteiger partial charge in [-0.05, 0) is 73.5 Å². The highest BCUT2D eigenvalue weighted by Gasteiger charge is 2.57. The summed E-state index contributed by atoms with van der Waals surface area (Å²) in [6.07, 6.45) is 6.13. The van der Waals surface area contributed by atoms with Crippen LogP contribution in [0.2, 0.25) is 0 Å². The fourth-order valence-electron chi connectivity index (χ4n) is 5.41. The molecule has 1 aromatic carbocycles. The summed E-state index contributed by atoms with van der Waals surface area (Å²) in [6.45, 7) is 0. The van der Waals surface area contributed by atoms with E-state index < -0.39 is 5.60 Å². The van der Waals surface area contributed by atoms with E-state index in [-0.39, 0.29) is 0 Å². The standard InChI is InChI=1S/C18H24O3/c1-20-16-8-15(9-17(10-16)21-2)18(19)13-4-11-3-12(6-13)7-14(18)5-11/h8-14,19H,3-7H2,1-2H3. The van der Waals surface area contributed by atoms with Gasteiger partial charge in [0.2, 0.25) is 0 Å². The summed E-state index contributed by atoms with van der Waals surface area (Å²) < 4.78 is 10.8. The Morgan fingerprint density at radius 2 is 1.33 bits per heavy atom. The number of benzene rings is 1. The first-order chi connectivity index (χ1) is 10.1. The lowest BCUT2D eigenvalue weighted by Crippen LogP contribution is -2.55. The van der Waals surface area contributed by atoms with Crippen LogP contribution >= 0.6 is 0 Å². The molecule has 4 aliphatic carbocycles. The van der Waals surface area contributed by atoms with Gasteiger partial charge in [-0.2, -0.15) is 0 Å². The Bertz CT molecular complexity index is 501. The summed E-state index contributed by atoms with van der Waals surface area (Å²) in [5, 5.41) is 11.6. The average molecular weight is 288 g/mol. The third kappa shape index (κ3) is 1.90. The number of rotatable bonds is 3. The molecule has 0 aliphatic heterocycles. The maximum Gasteiger partial charge on any atom is 0.122 e. The molecule has 114 valence electrons. The van der Waals surface area contributed by atoms with Gasteiger partial charge in [-0.3, -0.25) is 0 Å². The van der Waals surface area contributed by atoms with Gasteiger partial charge in [0, 0.05) is 6.07 Å². The van der Waals surface area contributed by atoms with E-state index in [1.165, 1.54) is 32.1 Å². The maximum atomic E-state index is 11.6. The van der Waals surface area contributed by atoms with Crippen molar-refractivity contribution in [3.8, 4) is 11.5 Å². The van der Waals surface area contributed by atoms with Crippen molar-refractivity contribution in [2.45, 2.75) is 37.7 Å². The molecule has 3 nitrogen and oxygen atoms in total. The van der Waals surface area contributed by atoms with Crippen molar-refractivity contribution in [2.75, 3.05) is 14.2 Å². The highest BCUT2D eigenvalue weighted by atomic mass is 16.5. The van der Waals surface area contributed by atoms with Crippen molar-refractivity contribution in [2.24, 2.45) is 23.7 Å². The minimum atomic E-state index is -0.685. The first-order valence-corrected chi connectivity index (χ1v) is 8.09. The van der Waals surface area contributed by atoms with Crippen LogP contribution in [-0.2, 0) is 5.60 Å². The zero-order valence-electron chi connectivity index (χ0n) is 12.8. The highest BCUT2D eigenvalue weighted by Crippen LogP contribution is 2.62. The fraction of sp³-hybridized carbons (Fsp3) is 0.667. The number of aliphatic hydroxyl groups is 1. The monoisotopic (exact) mass is 288 g/mol. The normalized spacial score (nSPS) is 40.3. The second-order valence-electron chi connectivity index (χ2n) is 7.23. The molecule has 1 N–H and O–H groups in total. The molecule has 0 atom stereocenters. The molecule has 4 aliphatic rings. The van der Waals surface area contributed by atoms with Gasteiger partial charge in [-0.25, -0.2) is 0 Å². The summed E-state index contributed by atoms with van der Waals surface area (Å²) in [5.41, 5.74) is 0.308. The average Bonchev–Trinajstić information content (AvgIpc) is 2.51. The van der Waals surface area contributed by atoms with Crippen molar-refractivity contribution in [3.63, 3.8) is 0 Å². The Labute approximate surface area is 126 Å². The molecule has 1 aromatic rings. The molecule has 4 bridgehead atoms. The zero-order valence-corrected chi connectivity index (χ0v) is 12.8. The zero-order chi connectivity index (χ0) is 14.6. The summed E-state index contributed by atoms with van der Waals surface area (Å²) in [5.74, 6) is 4.05. The van der Waals surface area contributed by atoms with Gasteiger partial charge in [0.05, 0.1) is 19.8 Å². The molecule has 0 unspecified atom stereocenters. The molecule has 21 heavy (non-hydrogen) atoms. The number of hydrogen-bond acceptors (Lipinski definition) is 3. The Hall–Kier alpha value is -1.22. The van der Waals surface area contributed by atoms with Gasteiger partial charge in [0.15, 0.2) is 0 Å². The maximum absolute atomic E-state index is 11.6. The molecule has 0 aromatic heterocycles. The van der Waals surface area contributed by atoms with Crippen molar-refractivity contribution >= 4 is 0 Å². The van der Waals surface area contributed by atoms with E-state index in [0.717, 1.165) is 28.9 Å². The Kier molecular flexibility index (Phi) is 2.97. The SMILES string of the molecule is COc1cc(OC)cc(C2(O)C3CC4CC(C3)CC2C4)c1. The molecule has 4 saturated carbocycles. The van der Waals surface area contributed by atoms with E-state index in [1.54, 1.807) is 14.2 Å². The van der Waals surface area contributed by atoms with E-state index in [0.29, 0.717) is 11.8 Å². The van der Waals surface area contributed by atoms with Gasteiger partial charge in [-0.1, -0.05) is 0 Å². The topological polar surface area (TPSA) is 38.7 Å². The van der Waals surface area contributed by atoms with Crippen LogP contribution < -0.4 is 9.47 Å². The van der Waals surface area contributed by atoms with E-state index in [9.17, 15) is 5.11 Å². The predicted molar refractivity (Wildman–Crippen MR) is 80.5 cm³/mol. The third-order valence-corrected chi connectivity index (χ3v) is 6.20. The van der Waals surface area contributed by atoms with Crippen molar-refractivity contribution in [1.82, 2.24) is 0 Å². The molecule has 0 saturated heterocycles. The molecular formula is C18H24O3. The highest BCUT2D eigenvalue weighted by molar-refractivity contribution is 5.42. The smallest absolute Gasteiger partial charge is 0.122 e. The summed E-state index contributed by atoms with van der Waals surface area (Å²) in [7, 11) is 3.33. The first-order valence-electron chi connectivity index (χ1n) is 8.09. The molecule has 0 radical (unpaired) electrons. The van der Waals surface area contributed by atoms with Crippen molar-refractivity contribution in [3.05, 3.63) is 23.8 Å². The third-order valence-electron chi connectivity index (χ3n) is 6.20. The largest absolute Gasteiger partial charge is 0.497 e. The van der Waals surface area contributed by atoms with Gasteiger partial charge < -0.3 is 14.6 Å². The van der Waals surface area contributed by atoms with E-state index in [2.05, 4.69) is 0 Å². The van der Waals surface area contributed by atoms with E-state index in [1.807, 2.05) is 18.2 Å². The summed E-state index contributed by atoms with van der Waals surface area (Å²) >= 11 is 0. The van der Waals surface area contributed by atoms with Crippen molar-refractivity contribution < 1.29 is 14.6 Å². The minimum absolute atomic E-state index is 0.408. The minimum Gasteiger partial charge on any atom is -0.497 e. The van der Waals surface area contributed by atoms with Gasteiger partial charge in [0.25, 0.3) is 0 Å². The van der Waals surface area contributed by atoms with E-state index in [4.69, 9.17) is 9.47 Å². The van der Waals surface area contributed by atoms with Crippen LogP contribution in [0.5, 0.6) is 11.5 Å². The lowest BCUT2D eigenvalue weighted by molar-refractivity contribution is -0.179. The van der Waals surface area contributed by atoms with Crippen LogP contribution in [-0.4, -0.2) is 19.3 Å². The Morgan fingerprint density at radius 1 is 0.857 bits per heavy atom. The molecule has 0 amide bonds. The molecule has 0 heterocycles. The number of hydrogen-bond donors (Lipinski definition) is 1. The quantitative estimate of drug-likeness (QED) is 0.927. The van der Waals surface area contributed by atoms with Crippen molar-refractivity contribution in [1.29, 1.82) is 0 Å². The molecular weight excluding hydrogens is 264 g/mol. The Morgan fingerprint density at radius 3 is 1.76 bits per heavy atom. The molecule has 3 heteroatoms. The van der Waals surface area contributed by atoms with Crippen LogP contribution in [0.1, 0.15) is 37.7 Å². The summed E-state index contributed by atoms with van der Waals surface area (Å²) in [4.78, 5) is 0. The first kappa shape index (κ1) is 13.4. The predicted octanol–water partition coefficient (Wildman–Crippen LogP) is 3.35. The number of methoxy groups -OCH3 is 2. The molecule has 0 spiro atoms. The Balaban J connectivity index is 1.78. The van der Waals surface area contributed by atoms with Crippen LogP contribution in [0, 0.1) is 23.7 Å². The number of ether oxygens (including phenoxy) is 2. The van der Waals surface area contributed by atoms with E-state index >= 15 is 0 Å². The van der Waals surface area contributed by atoms with Crippen LogP contribution in [0.4, 0.5) is 0 Å². The van der Waals surface area contributed by atoms with Gasteiger partial charge in [-0.15, -0.1) is 0 Å². The lowest BCUT2D eigenvalue weighted by atomic mass is 9.48. The fourth-order valence-corrected chi connectivity index (χ4v) is 5.41. The lowest BCUT2D eigenvalue weighted by Gasteiger charge is -2.59. The second kappa shape index (κ2) is 4.64.